The highest BCUT2D eigenvalue weighted by atomic mass is 16.5. The summed E-state index contributed by atoms with van der Waals surface area (Å²) in [5.41, 5.74) is 0.811. The van der Waals surface area contributed by atoms with Crippen LogP contribution in [0.2, 0.25) is 0 Å². The van der Waals surface area contributed by atoms with Gasteiger partial charge in [-0.15, -0.1) is 0 Å². The van der Waals surface area contributed by atoms with E-state index < -0.39 is 6.10 Å². The number of nitrogens with zero attached hydrogens (tertiary/aromatic N) is 5. The number of amides is 1. The van der Waals surface area contributed by atoms with E-state index in [4.69, 9.17) is 4.74 Å². The number of hydrogen-bond acceptors (Lipinski definition) is 6. The molecular formula is C16H19N5O2. The Kier molecular flexibility index (Phi) is 3.78. The van der Waals surface area contributed by atoms with Gasteiger partial charge in [0.25, 0.3) is 5.91 Å². The van der Waals surface area contributed by atoms with Gasteiger partial charge in [-0.2, -0.15) is 0 Å². The molecule has 2 fully saturated rings. The molecule has 120 valence electrons. The number of hydrogen-bond donors (Lipinski definition) is 0. The zero-order valence-electron chi connectivity index (χ0n) is 12.9. The van der Waals surface area contributed by atoms with Gasteiger partial charge in [-0.05, 0) is 18.9 Å². The average molecular weight is 313 g/mol. The Morgan fingerprint density at radius 3 is 2.96 bits per heavy atom. The average Bonchev–Trinajstić information content (AvgIpc) is 3.15. The van der Waals surface area contributed by atoms with Crippen molar-refractivity contribution >= 4 is 22.6 Å². The topological polar surface area (TPSA) is 71.5 Å². The summed E-state index contributed by atoms with van der Waals surface area (Å²) in [5.74, 6) is 0.951. The molecule has 2 aromatic heterocycles. The molecule has 2 aromatic rings. The molecule has 0 saturated carbocycles. The van der Waals surface area contributed by atoms with Crippen molar-refractivity contribution in [1.29, 1.82) is 0 Å². The maximum absolute atomic E-state index is 12.6. The van der Waals surface area contributed by atoms with Crippen LogP contribution in [0.25, 0.3) is 10.9 Å². The molecule has 2 aliphatic heterocycles. The molecule has 23 heavy (non-hydrogen) atoms. The van der Waals surface area contributed by atoms with E-state index in [0.29, 0.717) is 13.2 Å². The van der Waals surface area contributed by atoms with E-state index in [1.54, 1.807) is 18.7 Å². The van der Waals surface area contributed by atoms with Crippen molar-refractivity contribution in [1.82, 2.24) is 19.9 Å². The minimum atomic E-state index is -0.409. The van der Waals surface area contributed by atoms with Crippen LogP contribution in [0, 0.1) is 0 Å². The van der Waals surface area contributed by atoms with E-state index in [-0.39, 0.29) is 5.91 Å². The summed E-state index contributed by atoms with van der Waals surface area (Å²) in [6.45, 7) is 3.48. The number of ether oxygens (including phenoxy) is 1. The highest BCUT2D eigenvalue weighted by Gasteiger charge is 2.32. The third kappa shape index (κ3) is 2.72. The lowest BCUT2D eigenvalue weighted by molar-refractivity contribution is -0.143. The van der Waals surface area contributed by atoms with E-state index in [9.17, 15) is 4.79 Å². The van der Waals surface area contributed by atoms with Gasteiger partial charge >= 0.3 is 0 Å². The standard InChI is InChI=1S/C16H19N5O2/c22-16(20-5-1-2-6-20)14-10-21(7-8-23-14)15-12-3-4-17-9-13(12)18-11-19-15/h3-4,9,11,14H,1-2,5-8,10H2. The van der Waals surface area contributed by atoms with Gasteiger partial charge in [0.05, 0.1) is 24.9 Å². The summed E-state index contributed by atoms with van der Waals surface area (Å²) in [6.07, 6.45) is 6.79. The summed E-state index contributed by atoms with van der Waals surface area (Å²) in [6, 6.07) is 1.91. The number of aromatic nitrogens is 3. The summed E-state index contributed by atoms with van der Waals surface area (Å²) in [4.78, 5) is 29.4. The van der Waals surface area contributed by atoms with E-state index in [0.717, 1.165) is 49.2 Å². The van der Waals surface area contributed by atoms with Crippen molar-refractivity contribution in [3.05, 3.63) is 24.8 Å². The number of carbonyl (C=O) groups is 1. The second-order valence-corrected chi connectivity index (χ2v) is 5.93. The van der Waals surface area contributed by atoms with Crippen molar-refractivity contribution in [3.63, 3.8) is 0 Å². The van der Waals surface area contributed by atoms with Gasteiger partial charge < -0.3 is 14.5 Å². The Hall–Kier alpha value is -2.28. The molecule has 0 N–H and O–H groups in total. The third-order valence-electron chi connectivity index (χ3n) is 4.48. The zero-order chi connectivity index (χ0) is 15.6. The largest absolute Gasteiger partial charge is 0.365 e. The fourth-order valence-corrected chi connectivity index (χ4v) is 3.28. The molecule has 1 atom stereocenters. The number of carbonyl (C=O) groups excluding carboxylic acids is 1. The first-order valence-corrected chi connectivity index (χ1v) is 8.03. The number of anilines is 1. The SMILES string of the molecule is O=C(C1CN(c2ncnc3cnccc23)CCO1)N1CCCC1. The molecule has 0 aliphatic carbocycles. The van der Waals surface area contributed by atoms with Gasteiger partial charge in [-0.25, -0.2) is 9.97 Å². The van der Waals surface area contributed by atoms with E-state index in [1.807, 2.05) is 11.0 Å². The van der Waals surface area contributed by atoms with Crippen LogP contribution in [-0.2, 0) is 9.53 Å². The van der Waals surface area contributed by atoms with E-state index >= 15 is 0 Å². The Morgan fingerprint density at radius 2 is 2.09 bits per heavy atom. The Bertz CT molecular complexity index is 711. The predicted octanol–water partition coefficient (Wildman–Crippen LogP) is 0.852. The van der Waals surface area contributed by atoms with Crippen LogP contribution in [0.15, 0.2) is 24.8 Å². The van der Waals surface area contributed by atoms with Gasteiger partial charge in [0, 0.05) is 31.2 Å². The van der Waals surface area contributed by atoms with Crippen molar-refractivity contribution in [2.45, 2.75) is 18.9 Å². The van der Waals surface area contributed by atoms with Gasteiger partial charge in [0.15, 0.2) is 6.10 Å². The fraction of sp³-hybridized carbons (Fsp3) is 0.500. The monoisotopic (exact) mass is 313 g/mol. The molecule has 1 unspecified atom stereocenters. The molecule has 4 rings (SSSR count). The van der Waals surface area contributed by atoms with Crippen molar-refractivity contribution in [2.75, 3.05) is 37.7 Å². The number of rotatable bonds is 2. The molecule has 1 amide bonds. The van der Waals surface area contributed by atoms with Crippen molar-refractivity contribution in [2.24, 2.45) is 0 Å². The number of likely N-dealkylation sites (tertiary alicyclic amines) is 1. The smallest absolute Gasteiger partial charge is 0.253 e. The molecule has 2 aliphatic rings. The van der Waals surface area contributed by atoms with Crippen LogP contribution in [0.3, 0.4) is 0 Å². The third-order valence-corrected chi connectivity index (χ3v) is 4.48. The quantitative estimate of drug-likeness (QED) is 0.818. The molecule has 0 spiro atoms. The van der Waals surface area contributed by atoms with Gasteiger partial charge in [0.1, 0.15) is 12.1 Å². The molecule has 4 heterocycles. The molecule has 7 nitrogen and oxygen atoms in total. The fourth-order valence-electron chi connectivity index (χ4n) is 3.28. The molecule has 0 aromatic carbocycles. The van der Waals surface area contributed by atoms with Gasteiger partial charge in [-0.1, -0.05) is 0 Å². The first kappa shape index (κ1) is 14.3. The number of pyridine rings is 1. The molecule has 0 bridgehead atoms. The number of morpholine rings is 1. The van der Waals surface area contributed by atoms with Crippen LogP contribution in [0.5, 0.6) is 0 Å². The van der Waals surface area contributed by atoms with Crippen molar-refractivity contribution < 1.29 is 9.53 Å². The van der Waals surface area contributed by atoms with Crippen LogP contribution in [0.1, 0.15) is 12.8 Å². The van der Waals surface area contributed by atoms with Crippen molar-refractivity contribution in [3.8, 4) is 0 Å². The minimum absolute atomic E-state index is 0.104. The first-order chi connectivity index (χ1) is 11.3. The van der Waals surface area contributed by atoms with E-state index in [1.165, 1.54) is 0 Å². The van der Waals surface area contributed by atoms with Gasteiger partial charge in [0.2, 0.25) is 0 Å². The first-order valence-electron chi connectivity index (χ1n) is 8.03. The number of fused-ring (bicyclic) bond motifs is 1. The minimum Gasteiger partial charge on any atom is -0.365 e. The Labute approximate surface area is 134 Å². The summed E-state index contributed by atoms with van der Waals surface area (Å²) < 4.78 is 5.73. The maximum Gasteiger partial charge on any atom is 0.253 e. The normalized spacial score (nSPS) is 21.8. The van der Waals surface area contributed by atoms with Crippen LogP contribution >= 0.6 is 0 Å². The second-order valence-electron chi connectivity index (χ2n) is 5.93. The molecule has 2 saturated heterocycles. The van der Waals surface area contributed by atoms with Crippen LogP contribution in [-0.4, -0.2) is 64.6 Å². The maximum atomic E-state index is 12.6. The Balaban J connectivity index is 1.58. The highest BCUT2D eigenvalue weighted by Crippen LogP contribution is 2.24. The Morgan fingerprint density at radius 1 is 1.22 bits per heavy atom. The molecule has 0 radical (unpaired) electrons. The van der Waals surface area contributed by atoms with Crippen LogP contribution < -0.4 is 4.90 Å². The highest BCUT2D eigenvalue weighted by molar-refractivity contribution is 5.89. The summed E-state index contributed by atoms with van der Waals surface area (Å²) >= 11 is 0. The lowest BCUT2D eigenvalue weighted by Gasteiger charge is -2.35. The molecule has 7 heteroatoms. The zero-order valence-corrected chi connectivity index (χ0v) is 12.9. The van der Waals surface area contributed by atoms with Crippen LogP contribution in [0.4, 0.5) is 5.82 Å². The summed E-state index contributed by atoms with van der Waals surface area (Å²) in [5, 5.41) is 0.955. The molecular weight excluding hydrogens is 294 g/mol. The predicted molar refractivity (Wildman–Crippen MR) is 85.1 cm³/mol. The summed E-state index contributed by atoms with van der Waals surface area (Å²) in [7, 11) is 0. The van der Waals surface area contributed by atoms with E-state index in [2.05, 4.69) is 19.9 Å². The second kappa shape index (κ2) is 6.08. The lowest BCUT2D eigenvalue weighted by atomic mass is 10.2. The lowest BCUT2D eigenvalue weighted by Crippen LogP contribution is -2.50. The van der Waals surface area contributed by atoms with Gasteiger partial charge in [-0.3, -0.25) is 9.78 Å².